The van der Waals surface area contributed by atoms with Gasteiger partial charge in [0.25, 0.3) is 0 Å². The number of hydrogen-bond acceptors (Lipinski definition) is 1. The molecular weight excluding hydrogens is 241 g/mol. The van der Waals surface area contributed by atoms with E-state index in [2.05, 4.69) is 0 Å². The number of rotatable bonds is 2. The first-order valence-electron chi connectivity index (χ1n) is 5.38. The largest absolute Gasteiger partial charge is 0.384 e. The Labute approximate surface area is 103 Å². The molecule has 0 aliphatic heterocycles. The standard InChI is InChI=1S/C14H11F3O/c1-8-2-4-10(12(16)6-8)14(18)9-3-5-11(15)13(17)7-9/h2-7,14,18H,1H3. The summed E-state index contributed by atoms with van der Waals surface area (Å²) in [4.78, 5) is 0. The highest BCUT2D eigenvalue weighted by atomic mass is 19.2. The average molecular weight is 252 g/mol. The lowest BCUT2D eigenvalue weighted by Crippen LogP contribution is -2.04. The zero-order valence-corrected chi connectivity index (χ0v) is 9.62. The van der Waals surface area contributed by atoms with Gasteiger partial charge in [0.05, 0.1) is 0 Å². The molecule has 1 unspecified atom stereocenters. The quantitative estimate of drug-likeness (QED) is 0.867. The third-order valence-electron chi connectivity index (χ3n) is 2.71. The number of hydrogen-bond donors (Lipinski definition) is 1. The van der Waals surface area contributed by atoms with Crippen LogP contribution in [-0.4, -0.2) is 5.11 Å². The van der Waals surface area contributed by atoms with Crippen LogP contribution in [0.15, 0.2) is 36.4 Å². The normalized spacial score (nSPS) is 12.5. The van der Waals surface area contributed by atoms with E-state index in [0.29, 0.717) is 5.56 Å². The molecule has 1 N–H and O–H groups in total. The number of benzene rings is 2. The molecule has 0 saturated heterocycles. The fourth-order valence-corrected chi connectivity index (χ4v) is 1.72. The summed E-state index contributed by atoms with van der Waals surface area (Å²) >= 11 is 0. The highest BCUT2D eigenvalue weighted by Crippen LogP contribution is 2.25. The summed E-state index contributed by atoms with van der Waals surface area (Å²) in [6.45, 7) is 1.72. The molecule has 2 rings (SSSR count). The fourth-order valence-electron chi connectivity index (χ4n) is 1.72. The van der Waals surface area contributed by atoms with Gasteiger partial charge in [0.2, 0.25) is 0 Å². The van der Waals surface area contributed by atoms with Gasteiger partial charge in [-0.25, -0.2) is 13.2 Å². The van der Waals surface area contributed by atoms with Crippen molar-refractivity contribution in [2.24, 2.45) is 0 Å². The van der Waals surface area contributed by atoms with Crippen molar-refractivity contribution in [1.82, 2.24) is 0 Å². The van der Waals surface area contributed by atoms with Crippen LogP contribution in [0, 0.1) is 24.4 Å². The Morgan fingerprint density at radius 2 is 1.61 bits per heavy atom. The van der Waals surface area contributed by atoms with E-state index in [1.54, 1.807) is 13.0 Å². The van der Waals surface area contributed by atoms with E-state index in [0.717, 1.165) is 12.1 Å². The molecule has 0 fully saturated rings. The van der Waals surface area contributed by atoms with Crippen LogP contribution in [0.2, 0.25) is 0 Å². The van der Waals surface area contributed by atoms with Crippen LogP contribution in [0.1, 0.15) is 22.8 Å². The van der Waals surface area contributed by atoms with Crippen LogP contribution in [0.4, 0.5) is 13.2 Å². The first-order valence-corrected chi connectivity index (χ1v) is 5.38. The van der Waals surface area contributed by atoms with E-state index >= 15 is 0 Å². The minimum atomic E-state index is -1.32. The number of halogens is 3. The second-order valence-corrected chi connectivity index (χ2v) is 4.10. The third kappa shape index (κ3) is 2.38. The van der Waals surface area contributed by atoms with Gasteiger partial charge in [-0.2, -0.15) is 0 Å². The minimum Gasteiger partial charge on any atom is -0.384 e. The van der Waals surface area contributed by atoms with Crippen molar-refractivity contribution < 1.29 is 18.3 Å². The average Bonchev–Trinajstić information content (AvgIpc) is 2.32. The van der Waals surface area contributed by atoms with Crippen LogP contribution in [0.3, 0.4) is 0 Å². The highest BCUT2D eigenvalue weighted by molar-refractivity contribution is 5.33. The van der Waals surface area contributed by atoms with Crippen LogP contribution in [0.5, 0.6) is 0 Å². The third-order valence-corrected chi connectivity index (χ3v) is 2.71. The Hall–Kier alpha value is -1.81. The molecule has 1 nitrogen and oxygen atoms in total. The lowest BCUT2D eigenvalue weighted by Gasteiger charge is -2.13. The maximum absolute atomic E-state index is 13.6. The predicted octanol–water partition coefficient (Wildman–Crippen LogP) is 3.49. The molecule has 0 amide bonds. The lowest BCUT2D eigenvalue weighted by molar-refractivity contribution is 0.214. The van der Waals surface area contributed by atoms with Gasteiger partial charge in [0.1, 0.15) is 11.9 Å². The smallest absolute Gasteiger partial charge is 0.159 e. The van der Waals surface area contributed by atoms with Crippen LogP contribution in [-0.2, 0) is 0 Å². The molecule has 0 radical (unpaired) electrons. The molecule has 0 spiro atoms. The number of aryl methyl sites for hydroxylation is 1. The van der Waals surface area contributed by atoms with Crippen molar-refractivity contribution in [3.05, 3.63) is 70.5 Å². The van der Waals surface area contributed by atoms with Crippen molar-refractivity contribution in [3.8, 4) is 0 Å². The van der Waals surface area contributed by atoms with Gasteiger partial charge in [-0.15, -0.1) is 0 Å². The van der Waals surface area contributed by atoms with Crippen LogP contribution in [0.25, 0.3) is 0 Å². The Bertz CT molecular complexity index is 581. The van der Waals surface area contributed by atoms with E-state index in [9.17, 15) is 18.3 Å². The molecule has 0 aromatic heterocycles. The van der Waals surface area contributed by atoms with E-state index in [1.807, 2.05) is 0 Å². The van der Waals surface area contributed by atoms with E-state index in [-0.39, 0.29) is 11.1 Å². The molecule has 18 heavy (non-hydrogen) atoms. The maximum Gasteiger partial charge on any atom is 0.159 e. The first-order chi connectivity index (χ1) is 8.49. The second-order valence-electron chi connectivity index (χ2n) is 4.10. The van der Waals surface area contributed by atoms with Crippen molar-refractivity contribution in [2.75, 3.05) is 0 Å². The van der Waals surface area contributed by atoms with Crippen molar-refractivity contribution >= 4 is 0 Å². The Balaban J connectivity index is 2.41. The van der Waals surface area contributed by atoms with Gasteiger partial charge >= 0.3 is 0 Å². The molecule has 0 aliphatic carbocycles. The summed E-state index contributed by atoms with van der Waals surface area (Å²) in [5.74, 6) is -2.65. The molecule has 0 heterocycles. The van der Waals surface area contributed by atoms with Gasteiger partial charge in [-0.1, -0.05) is 18.2 Å². The first kappa shape index (κ1) is 12.6. The summed E-state index contributed by atoms with van der Waals surface area (Å²) in [5.41, 5.74) is 0.858. The van der Waals surface area contributed by atoms with E-state index < -0.39 is 23.6 Å². The Morgan fingerprint density at radius 3 is 2.22 bits per heavy atom. The second kappa shape index (κ2) is 4.82. The van der Waals surface area contributed by atoms with Crippen molar-refractivity contribution in [1.29, 1.82) is 0 Å². The zero-order valence-electron chi connectivity index (χ0n) is 9.62. The zero-order chi connectivity index (χ0) is 13.3. The molecular formula is C14H11F3O. The number of aliphatic hydroxyl groups is 1. The lowest BCUT2D eigenvalue weighted by atomic mass is 10.00. The molecule has 1 atom stereocenters. The SMILES string of the molecule is Cc1ccc(C(O)c2ccc(F)c(F)c2)c(F)c1. The Kier molecular flexibility index (Phi) is 3.39. The molecule has 4 heteroatoms. The summed E-state index contributed by atoms with van der Waals surface area (Å²) in [6.07, 6.45) is -1.32. The summed E-state index contributed by atoms with van der Waals surface area (Å²) < 4.78 is 39.4. The summed E-state index contributed by atoms with van der Waals surface area (Å²) in [5, 5.41) is 9.95. The van der Waals surface area contributed by atoms with E-state index in [4.69, 9.17) is 0 Å². The Morgan fingerprint density at radius 1 is 0.889 bits per heavy atom. The molecule has 2 aromatic carbocycles. The van der Waals surface area contributed by atoms with Crippen molar-refractivity contribution in [3.63, 3.8) is 0 Å². The maximum atomic E-state index is 13.6. The van der Waals surface area contributed by atoms with Gasteiger partial charge in [0, 0.05) is 5.56 Å². The monoisotopic (exact) mass is 252 g/mol. The van der Waals surface area contributed by atoms with Gasteiger partial charge < -0.3 is 5.11 Å². The highest BCUT2D eigenvalue weighted by Gasteiger charge is 2.16. The van der Waals surface area contributed by atoms with Gasteiger partial charge in [-0.05, 0) is 36.2 Å². The van der Waals surface area contributed by atoms with Crippen molar-refractivity contribution in [2.45, 2.75) is 13.0 Å². The molecule has 94 valence electrons. The summed E-state index contributed by atoms with van der Waals surface area (Å²) in [6, 6.07) is 7.33. The van der Waals surface area contributed by atoms with Crippen LogP contribution >= 0.6 is 0 Å². The number of aliphatic hydroxyl groups excluding tert-OH is 1. The fraction of sp³-hybridized carbons (Fsp3) is 0.143. The van der Waals surface area contributed by atoms with Gasteiger partial charge in [-0.3, -0.25) is 0 Å². The minimum absolute atomic E-state index is 0.0339. The van der Waals surface area contributed by atoms with Gasteiger partial charge in [0.15, 0.2) is 11.6 Å². The predicted molar refractivity (Wildman–Crippen MR) is 61.6 cm³/mol. The molecule has 0 aliphatic rings. The summed E-state index contributed by atoms with van der Waals surface area (Å²) in [7, 11) is 0. The van der Waals surface area contributed by atoms with Crippen LogP contribution < -0.4 is 0 Å². The molecule has 0 saturated carbocycles. The molecule has 2 aromatic rings. The molecule has 0 bridgehead atoms. The van der Waals surface area contributed by atoms with E-state index in [1.165, 1.54) is 18.2 Å². The topological polar surface area (TPSA) is 20.2 Å².